The van der Waals surface area contributed by atoms with Gasteiger partial charge in [-0.15, -0.1) is 10.2 Å². The summed E-state index contributed by atoms with van der Waals surface area (Å²) in [5.41, 5.74) is 0.735. The maximum atomic E-state index is 12.9. The van der Waals surface area contributed by atoms with Crippen LogP contribution in [0.3, 0.4) is 0 Å². The van der Waals surface area contributed by atoms with Gasteiger partial charge in [-0.3, -0.25) is 10.1 Å². The summed E-state index contributed by atoms with van der Waals surface area (Å²) in [6.45, 7) is 9.20. The zero-order valence-corrected chi connectivity index (χ0v) is 21.0. The lowest BCUT2D eigenvalue weighted by Gasteiger charge is -2.22. The third kappa shape index (κ3) is 5.87. The number of carbonyl (C=O) groups is 1. The summed E-state index contributed by atoms with van der Waals surface area (Å²) < 4.78 is 21.3. The van der Waals surface area contributed by atoms with E-state index in [0.29, 0.717) is 16.6 Å². The van der Waals surface area contributed by atoms with Crippen molar-refractivity contribution in [3.05, 3.63) is 64.4 Å². The SMILES string of the molecule is C=NN(C(=C)C)c1nnc(NC(=O)c2cc(NC(COC)c3ccccc3OC)c(OC)c(=O)o2)s1. The molecule has 0 aliphatic heterocycles. The monoisotopic (exact) mass is 514 g/mol. The summed E-state index contributed by atoms with van der Waals surface area (Å²) in [5, 5.41) is 19.3. The van der Waals surface area contributed by atoms with Crippen molar-refractivity contribution in [1.29, 1.82) is 0 Å². The molecule has 0 bridgehead atoms. The van der Waals surface area contributed by atoms with Crippen molar-refractivity contribution in [1.82, 2.24) is 10.2 Å². The highest BCUT2D eigenvalue weighted by Crippen LogP contribution is 2.32. The number of aromatic nitrogens is 2. The molecule has 0 fully saturated rings. The van der Waals surface area contributed by atoms with E-state index in [1.165, 1.54) is 18.2 Å². The summed E-state index contributed by atoms with van der Waals surface area (Å²) in [7, 11) is 4.44. The summed E-state index contributed by atoms with van der Waals surface area (Å²) in [6, 6.07) is 8.28. The Labute approximate surface area is 211 Å². The average molecular weight is 515 g/mol. The van der Waals surface area contributed by atoms with E-state index in [2.05, 4.69) is 39.2 Å². The fourth-order valence-electron chi connectivity index (χ4n) is 3.27. The molecular formula is C23H26N6O6S. The quantitative estimate of drug-likeness (QED) is 0.272. The fourth-order valence-corrected chi connectivity index (χ4v) is 4.05. The number of nitrogens with one attached hydrogen (secondary N) is 2. The molecule has 2 aromatic heterocycles. The zero-order chi connectivity index (χ0) is 26.2. The van der Waals surface area contributed by atoms with E-state index in [9.17, 15) is 9.59 Å². The minimum Gasteiger partial charge on any atom is -0.496 e. The number of benzene rings is 1. The van der Waals surface area contributed by atoms with Gasteiger partial charge in [0, 0.05) is 31.2 Å². The second-order valence-corrected chi connectivity index (χ2v) is 8.23. The molecule has 0 saturated carbocycles. The standard InChI is InChI=1S/C23H26N6O6S/c1-13(2)29(24-3)23-28-27-22(36-23)26-20(30)18-11-15(19(34-6)21(31)35-18)25-16(12-32-4)14-9-7-8-10-17(14)33-5/h7-11,16,25H,1,3,12H2,2,4-6H3,(H,26,27,30). The topological polar surface area (TPSA) is 140 Å². The van der Waals surface area contributed by atoms with E-state index in [4.69, 9.17) is 18.6 Å². The van der Waals surface area contributed by atoms with Crippen LogP contribution in [0, 0.1) is 0 Å². The number of nitrogens with zero attached hydrogens (tertiary/aromatic N) is 4. The fraction of sp³-hybridized carbons (Fsp3) is 0.261. The Kier molecular flexibility index (Phi) is 8.76. The number of amides is 1. The van der Waals surface area contributed by atoms with E-state index in [0.717, 1.165) is 16.9 Å². The van der Waals surface area contributed by atoms with Gasteiger partial charge in [-0.2, -0.15) is 5.10 Å². The number of hydrogen-bond acceptors (Lipinski definition) is 12. The van der Waals surface area contributed by atoms with Crippen molar-refractivity contribution in [2.75, 3.05) is 43.6 Å². The smallest absolute Gasteiger partial charge is 0.381 e. The molecule has 1 atom stereocenters. The number of carbonyl (C=O) groups excluding carboxylic acids is 1. The minimum atomic E-state index is -0.842. The second kappa shape index (κ2) is 12.0. The maximum absolute atomic E-state index is 12.9. The maximum Gasteiger partial charge on any atom is 0.381 e. The number of anilines is 3. The van der Waals surface area contributed by atoms with Crippen LogP contribution in [0.5, 0.6) is 11.5 Å². The van der Waals surface area contributed by atoms with E-state index in [1.807, 2.05) is 24.3 Å². The first-order valence-electron chi connectivity index (χ1n) is 10.5. The lowest BCUT2D eigenvalue weighted by Crippen LogP contribution is -2.21. The molecule has 3 rings (SSSR count). The predicted octanol–water partition coefficient (Wildman–Crippen LogP) is 3.52. The van der Waals surface area contributed by atoms with Gasteiger partial charge < -0.3 is 23.9 Å². The van der Waals surface area contributed by atoms with Crippen LogP contribution in [0.15, 0.2) is 56.9 Å². The first kappa shape index (κ1) is 26.4. The number of ether oxygens (including phenoxy) is 3. The van der Waals surface area contributed by atoms with Crippen LogP contribution in [-0.4, -0.2) is 50.8 Å². The van der Waals surface area contributed by atoms with Crippen molar-refractivity contribution in [3.63, 3.8) is 0 Å². The number of methoxy groups -OCH3 is 3. The number of allylic oxidation sites excluding steroid dienone is 1. The average Bonchev–Trinajstić information content (AvgIpc) is 3.31. The molecule has 0 radical (unpaired) electrons. The van der Waals surface area contributed by atoms with Crippen molar-refractivity contribution < 1.29 is 23.4 Å². The molecule has 12 nitrogen and oxygen atoms in total. The third-order valence-corrected chi connectivity index (χ3v) is 5.65. The zero-order valence-electron chi connectivity index (χ0n) is 20.2. The summed E-state index contributed by atoms with van der Waals surface area (Å²) >= 11 is 1.04. The van der Waals surface area contributed by atoms with Crippen LogP contribution in [0.2, 0.25) is 0 Å². The van der Waals surface area contributed by atoms with E-state index in [1.54, 1.807) is 21.1 Å². The second-order valence-electron chi connectivity index (χ2n) is 7.27. The normalized spacial score (nSPS) is 11.3. The number of para-hydroxylation sites is 1. The van der Waals surface area contributed by atoms with Crippen LogP contribution >= 0.6 is 11.3 Å². The largest absolute Gasteiger partial charge is 0.496 e. The molecule has 0 aliphatic rings. The first-order chi connectivity index (χ1) is 17.3. The van der Waals surface area contributed by atoms with Gasteiger partial charge in [0.2, 0.25) is 16.0 Å². The molecule has 1 amide bonds. The van der Waals surface area contributed by atoms with Crippen molar-refractivity contribution >= 4 is 39.9 Å². The van der Waals surface area contributed by atoms with E-state index >= 15 is 0 Å². The van der Waals surface area contributed by atoms with Gasteiger partial charge in [-0.1, -0.05) is 36.1 Å². The lowest BCUT2D eigenvalue weighted by molar-refractivity contribution is 0.0991. The molecule has 3 aromatic rings. The van der Waals surface area contributed by atoms with Gasteiger partial charge in [-0.05, 0) is 13.0 Å². The van der Waals surface area contributed by atoms with Gasteiger partial charge in [0.25, 0.3) is 5.91 Å². The van der Waals surface area contributed by atoms with Gasteiger partial charge >= 0.3 is 5.63 Å². The Morgan fingerprint density at radius 2 is 2.00 bits per heavy atom. The molecule has 0 spiro atoms. The molecular weight excluding hydrogens is 488 g/mol. The van der Waals surface area contributed by atoms with Crippen LogP contribution in [0.1, 0.15) is 29.1 Å². The van der Waals surface area contributed by atoms with Crippen LogP contribution in [0.4, 0.5) is 16.0 Å². The number of hydrazone groups is 1. The van der Waals surface area contributed by atoms with Crippen LogP contribution in [-0.2, 0) is 4.74 Å². The van der Waals surface area contributed by atoms with Gasteiger partial charge in [-0.25, -0.2) is 9.80 Å². The van der Waals surface area contributed by atoms with Gasteiger partial charge in [0.05, 0.1) is 32.6 Å². The third-order valence-electron chi connectivity index (χ3n) is 4.83. The Morgan fingerprint density at radius 3 is 2.64 bits per heavy atom. The Hall–Kier alpha value is -4.23. The molecule has 2 heterocycles. The first-order valence-corrected chi connectivity index (χ1v) is 11.3. The van der Waals surface area contributed by atoms with E-state index in [-0.39, 0.29) is 28.9 Å². The van der Waals surface area contributed by atoms with Gasteiger partial charge in [0.1, 0.15) is 5.75 Å². The Bertz CT molecular complexity index is 1310. The molecule has 13 heteroatoms. The highest BCUT2D eigenvalue weighted by atomic mass is 32.1. The molecule has 1 aromatic carbocycles. The molecule has 1 unspecified atom stereocenters. The van der Waals surface area contributed by atoms with Crippen molar-refractivity contribution in [3.8, 4) is 11.5 Å². The van der Waals surface area contributed by atoms with Gasteiger partial charge in [0.15, 0.2) is 5.76 Å². The minimum absolute atomic E-state index is 0.102. The predicted molar refractivity (Wildman–Crippen MR) is 137 cm³/mol. The molecule has 2 N–H and O–H groups in total. The summed E-state index contributed by atoms with van der Waals surface area (Å²) in [5.74, 6) is -0.462. The van der Waals surface area contributed by atoms with Crippen LogP contribution in [0.25, 0.3) is 0 Å². The highest BCUT2D eigenvalue weighted by molar-refractivity contribution is 7.19. The lowest BCUT2D eigenvalue weighted by atomic mass is 10.1. The molecule has 190 valence electrons. The molecule has 0 aliphatic carbocycles. The summed E-state index contributed by atoms with van der Waals surface area (Å²) in [6.07, 6.45) is 0. The Balaban J connectivity index is 1.91. The van der Waals surface area contributed by atoms with E-state index < -0.39 is 17.6 Å². The number of hydrogen-bond donors (Lipinski definition) is 2. The van der Waals surface area contributed by atoms with Crippen molar-refractivity contribution in [2.45, 2.75) is 13.0 Å². The number of rotatable bonds is 12. The highest BCUT2D eigenvalue weighted by Gasteiger charge is 2.23. The molecule has 36 heavy (non-hydrogen) atoms. The summed E-state index contributed by atoms with van der Waals surface area (Å²) in [4.78, 5) is 25.5. The Morgan fingerprint density at radius 1 is 1.25 bits per heavy atom. The van der Waals surface area contributed by atoms with Crippen molar-refractivity contribution in [2.24, 2.45) is 5.10 Å². The van der Waals surface area contributed by atoms with Crippen LogP contribution < -0.4 is 30.7 Å². The molecule has 0 saturated heterocycles.